The number of allylic oxidation sites excluding steroid dienone is 9. The predicted octanol–water partition coefficient (Wildman–Crippen LogP) is 7.17. The van der Waals surface area contributed by atoms with Crippen LogP contribution in [0, 0.1) is 0 Å². The standard InChI is InChI=1S/C37H43N4/c1-38(2)32-22-18-28(19-23-32)36(30-12-9-14-34(26-30)40(5)6)16-11-17-37(29-20-24-33(25-21-29)39(3)4)31-13-10-15-35(27-31)41(7)8/h9-27H,1-8H3/q+1. The Morgan fingerprint density at radius 3 is 1.66 bits per heavy atom. The van der Waals surface area contributed by atoms with Crippen LogP contribution in [-0.4, -0.2) is 66.7 Å². The van der Waals surface area contributed by atoms with Crippen molar-refractivity contribution in [1.82, 2.24) is 0 Å². The van der Waals surface area contributed by atoms with Crippen molar-refractivity contribution in [3.8, 4) is 0 Å². The average molecular weight is 544 g/mol. The van der Waals surface area contributed by atoms with E-state index < -0.39 is 0 Å². The van der Waals surface area contributed by atoms with E-state index >= 15 is 0 Å². The van der Waals surface area contributed by atoms with E-state index in [9.17, 15) is 0 Å². The first-order valence-corrected chi connectivity index (χ1v) is 14.0. The third-order valence-corrected chi connectivity index (χ3v) is 7.26. The number of hydrogen-bond donors (Lipinski definition) is 0. The Morgan fingerprint density at radius 1 is 0.585 bits per heavy atom. The van der Waals surface area contributed by atoms with Crippen LogP contribution < -0.4 is 14.7 Å². The van der Waals surface area contributed by atoms with Gasteiger partial charge in [0.2, 0.25) is 0 Å². The van der Waals surface area contributed by atoms with Gasteiger partial charge in [0.15, 0.2) is 5.71 Å². The first kappa shape index (κ1) is 29.4. The summed E-state index contributed by atoms with van der Waals surface area (Å²) in [5.74, 6) is 0. The van der Waals surface area contributed by atoms with Crippen LogP contribution in [0.25, 0.3) is 11.1 Å². The summed E-state index contributed by atoms with van der Waals surface area (Å²) in [4.78, 5) is 6.42. The highest BCUT2D eigenvalue weighted by Crippen LogP contribution is 2.30. The van der Waals surface area contributed by atoms with Crippen molar-refractivity contribution >= 4 is 33.9 Å². The lowest BCUT2D eigenvalue weighted by Gasteiger charge is -2.17. The molecule has 0 atom stereocenters. The van der Waals surface area contributed by atoms with Gasteiger partial charge in [0, 0.05) is 71.5 Å². The number of anilines is 3. The second kappa shape index (κ2) is 13.2. The molecule has 0 saturated carbocycles. The molecule has 4 rings (SSSR count). The van der Waals surface area contributed by atoms with E-state index in [1.54, 1.807) is 0 Å². The van der Waals surface area contributed by atoms with Crippen molar-refractivity contribution in [2.75, 3.05) is 71.1 Å². The zero-order chi connectivity index (χ0) is 29.5. The summed E-state index contributed by atoms with van der Waals surface area (Å²) in [7, 11) is 16.6. The second-order valence-electron chi connectivity index (χ2n) is 11.1. The van der Waals surface area contributed by atoms with E-state index in [0.29, 0.717) is 0 Å². The van der Waals surface area contributed by atoms with Crippen LogP contribution in [0.5, 0.6) is 0 Å². The molecule has 0 aromatic heterocycles. The molecule has 4 heteroatoms. The van der Waals surface area contributed by atoms with Crippen LogP contribution in [0.15, 0.2) is 121 Å². The summed E-state index contributed by atoms with van der Waals surface area (Å²) in [5.41, 5.74) is 11.8. The fourth-order valence-corrected chi connectivity index (χ4v) is 4.74. The Labute approximate surface area is 246 Å². The molecule has 3 aromatic rings. The summed E-state index contributed by atoms with van der Waals surface area (Å²) in [6.45, 7) is 0. The molecule has 41 heavy (non-hydrogen) atoms. The fraction of sp³-hybridized carbons (Fsp3) is 0.216. The predicted molar refractivity (Wildman–Crippen MR) is 181 cm³/mol. The first-order valence-electron chi connectivity index (χ1n) is 14.0. The van der Waals surface area contributed by atoms with Crippen LogP contribution in [0.4, 0.5) is 17.1 Å². The smallest absolute Gasteiger partial charge is 0.199 e. The molecule has 0 unspecified atom stereocenters. The van der Waals surface area contributed by atoms with Gasteiger partial charge in [0.25, 0.3) is 0 Å². The number of hydrogen-bond acceptors (Lipinski definition) is 3. The quantitative estimate of drug-likeness (QED) is 0.221. The molecule has 0 heterocycles. The maximum absolute atomic E-state index is 2.25. The lowest BCUT2D eigenvalue weighted by molar-refractivity contribution is -0.462. The molecule has 0 amide bonds. The van der Waals surface area contributed by atoms with Crippen LogP contribution in [0.3, 0.4) is 0 Å². The molecule has 3 aromatic carbocycles. The van der Waals surface area contributed by atoms with E-state index in [1.807, 2.05) is 0 Å². The molecule has 1 aliphatic rings. The van der Waals surface area contributed by atoms with E-state index in [0.717, 1.165) is 0 Å². The van der Waals surface area contributed by atoms with E-state index in [4.69, 9.17) is 0 Å². The van der Waals surface area contributed by atoms with Gasteiger partial charge in [0.1, 0.15) is 14.1 Å². The van der Waals surface area contributed by atoms with Crippen LogP contribution in [0.1, 0.15) is 16.7 Å². The van der Waals surface area contributed by atoms with E-state index in [-0.39, 0.29) is 0 Å². The van der Waals surface area contributed by atoms with Gasteiger partial charge in [-0.15, -0.1) is 0 Å². The number of benzene rings is 3. The monoisotopic (exact) mass is 543 g/mol. The van der Waals surface area contributed by atoms with Gasteiger partial charge in [-0.2, -0.15) is 0 Å². The van der Waals surface area contributed by atoms with Gasteiger partial charge in [-0.05, 0) is 82.0 Å². The van der Waals surface area contributed by atoms with Crippen LogP contribution >= 0.6 is 0 Å². The van der Waals surface area contributed by atoms with Crippen molar-refractivity contribution in [3.05, 3.63) is 138 Å². The molecule has 210 valence electrons. The van der Waals surface area contributed by atoms with Gasteiger partial charge in [-0.3, -0.25) is 0 Å². The van der Waals surface area contributed by atoms with Gasteiger partial charge in [0.05, 0.1) is 0 Å². The highest BCUT2D eigenvalue weighted by Gasteiger charge is 2.11. The maximum Gasteiger partial charge on any atom is 0.199 e. The fourth-order valence-electron chi connectivity index (χ4n) is 4.74. The highest BCUT2D eigenvalue weighted by molar-refractivity contribution is 6.03. The van der Waals surface area contributed by atoms with Gasteiger partial charge in [-0.1, -0.05) is 54.6 Å². The molecular weight excluding hydrogens is 500 g/mol. The molecular formula is C37H43N4+. The molecule has 0 N–H and O–H groups in total. The molecule has 0 fully saturated rings. The summed E-state index contributed by atoms with van der Waals surface area (Å²) >= 11 is 0. The molecule has 0 saturated heterocycles. The Morgan fingerprint density at radius 2 is 1.12 bits per heavy atom. The summed E-state index contributed by atoms with van der Waals surface area (Å²) in [6, 6.07) is 26.2. The van der Waals surface area contributed by atoms with Crippen molar-refractivity contribution in [1.29, 1.82) is 0 Å². The zero-order valence-corrected chi connectivity index (χ0v) is 25.8. The number of nitrogens with zero attached hydrogens (tertiary/aromatic N) is 4. The lowest BCUT2D eigenvalue weighted by Crippen LogP contribution is -2.10. The Balaban J connectivity index is 1.84. The van der Waals surface area contributed by atoms with Crippen molar-refractivity contribution in [2.45, 2.75) is 0 Å². The molecule has 0 aliphatic heterocycles. The molecule has 0 radical (unpaired) electrons. The minimum atomic E-state index is 1.18. The number of rotatable bonds is 8. The minimum Gasteiger partial charge on any atom is -0.378 e. The van der Waals surface area contributed by atoms with Crippen molar-refractivity contribution < 1.29 is 4.58 Å². The molecule has 1 aliphatic carbocycles. The minimum absolute atomic E-state index is 1.18. The normalized spacial score (nSPS) is 13.1. The van der Waals surface area contributed by atoms with Crippen LogP contribution in [0.2, 0.25) is 0 Å². The average Bonchev–Trinajstić information content (AvgIpc) is 2.97. The molecule has 0 bridgehead atoms. The highest BCUT2D eigenvalue weighted by atomic mass is 15.1. The Hall–Kier alpha value is -4.57. The van der Waals surface area contributed by atoms with E-state index in [2.05, 4.69) is 191 Å². The summed E-state index contributed by atoms with van der Waals surface area (Å²) < 4.78 is 2.13. The third kappa shape index (κ3) is 7.34. The van der Waals surface area contributed by atoms with Crippen LogP contribution in [-0.2, 0) is 0 Å². The van der Waals surface area contributed by atoms with Gasteiger partial charge in [-0.25, -0.2) is 4.58 Å². The topological polar surface area (TPSA) is 12.7 Å². The first-order chi connectivity index (χ1) is 19.6. The van der Waals surface area contributed by atoms with Crippen molar-refractivity contribution in [3.63, 3.8) is 0 Å². The van der Waals surface area contributed by atoms with Gasteiger partial charge < -0.3 is 14.7 Å². The maximum atomic E-state index is 2.25. The van der Waals surface area contributed by atoms with Gasteiger partial charge >= 0.3 is 0 Å². The van der Waals surface area contributed by atoms with E-state index in [1.165, 1.54) is 56.2 Å². The lowest BCUT2D eigenvalue weighted by atomic mass is 9.94. The molecule has 0 spiro atoms. The second-order valence-corrected chi connectivity index (χ2v) is 11.1. The zero-order valence-electron chi connectivity index (χ0n) is 25.8. The Kier molecular flexibility index (Phi) is 9.46. The Bertz CT molecular complexity index is 1540. The largest absolute Gasteiger partial charge is 0.378 e. The summed E-state index contributed by atoms with van der Waals surface area (Å²) in [5, 5.41) is 0. The van der Waals surface area contributed by atoms with Crippen molar-refractivity contribution in [2.24, 2.45) is 0 Å². The SMILES string of the molecule is CN(C)c1ccc(C(=CC=CC(=C2C=CC(=[N+](C)C)C=C2)c2cccc(N(C)C)c2)c2cccc(N(C)C)c2)cc1. The third-order valence-electron chi connectivity index (χ3n) is 7.26. The molecule has 4 nitrogen and oxygen atoms in total. The summed E-state index contributed by atoms with van der Waals surface area (Å²) in [6.07, 6.45) is 15.4.